The zero-order valence-corrected chi connectivity index (χ0v) is 17.6. The van der Waals surface area contributed by atoms with E-state index in [-0.39, 0.29) is 23.4 Å². The fourth-order valence-corrected chi connectivity index (χ4v) is 7.21. The largest absolute Gasteiger partial charge is 0.484 e. The second kappa shape index (κ2) is 6.68. The number of rotatable bonds is 1. The van der Waals surface area contributed by atoms with Gasteiger partial charge >= 0.3 is 0 Å². The molecule has 0 aromatic heterocycles. The number of hydrogen-bond donors (Lipinski definition) is 1. The van der Waals surface area contributed by atoms with E-state index in [9.17, 15) is 9.90 Å². The summed E-state index contributed by atoms with van der Waals surface area (Å²) in [5.74, 6) is 2.76. The van der Waals surface area contributed by atoms with Crippen LogP contribution in [0.15, 0.2) is 42.5 Å². The third kappa shape index (κ3) is 2.64. The van der Waals surface area contributed by atoms with Gasteiger partial charge in [0, 0.05) is 0 Å². The summed E-state index contributed by atoms with van der Waals surface area (Å²) in [5.41, 5.74) is 4.71. The van der Waals surface area contributed by atoms with Crippen LogP contribution >= 0.6 is 0 Å². The van der Waals surface area contributed by atoms with Crippen LogP contribution in [-0.2, 0) is 6.42 Å². The highest BCUT2D eigenvalue weighted by Crippen LogP contribution is 2.61. The van der Waals surface area contributed by atoms with Crippen molar-refractivity contribution in [3.8, 4) is 5.75 Å². The maximum absolute atomic E-state index is 13.1. The fourth-order valence-electron chi connectivity index (χ4n) is 7.21. The summed E-state index contributed by atoms with van der Waals surface area (Å²) in [6.07, 6.45) is 6.67. The van der Waals surface area contributed by atoms with Gasteiger partial charge in [-0.15, -0.1) is 0 Å². The molecule has 1 N–H and O–H groups in total. The highest BCUT2D eigenvalue weighted by Gasteiger charge is 2.54. The van der Waals surface area contributed by atoms with E-state index < -0.39 is 0 Å². The molecule has 2 saturated carbocycles. The first-order chi connectivity index (χ1) is 14.5. The van der Waals surface area contributed by atoms with Crippen molar-refractivity contribution in [1.82, 2.24) is 0 Å². The second-order valence-electron chi connectivity index (χ2n) is 10.2. The molecule has 1 aliphatic heterocycles. The summed E-state index contributed by atoms with van der Waals surface area (Å²) in [5, 5.41) is 10.6. The molecule has 3 nitrogen and oxygen atoms in total. The molecule has 2 aromatic rings. The Kier molecular flexibility index (Phi) is 4.15. The van der Waals surface area contributed by atoms with Gasteiger partial charge in [0.05, 0.1) is 18.1 Å². The summed E-state index contributed by atoms with van der Waals surface area (Å²) in [7, 11) is 0. The highest BCUT2D eigenvalue weighted by atomic mass is 16.5. The van der Waals surface area contributed by atoms with Crippen LogP contribution in [0, 0.1) is 17.3 Å². The first kappa shape index (κ1) is 18.6. The van der Waals surface area contributed by atoms with Gasteiger partial charge in [-0.3, -0.25) is 4.79 Å². The number of aliphatic hydroxyl groups is 1. The SMILES string of the molecule is C[C@]12CC[C@@H]3c4cc5c(cc4CC[C@H]3[C@@H]1CC[C@@H]2O)OC(c1ccccc1)CC5=O. The Balaban J connectivity index is 1.34. The molecular formula is C27H30O3. The van der Waals surface area contributed by atoms with Gasteiger partial charge in [-0.05, 0) is 90.5 Å². The molecule has 4 aliphatic rings. The Hall–Kier alpha value is -2.13. The van der Waals surface area contributed by atoms with Crippen molar-refractivity contribution in [2.45, 2.75) is 70.0 Å². The molecule has 0 saturated heterocycles. The van der Waals surface area contributed by atoms with Crippen LogP contribution in [0.4, 0.5) is 0 Å². The summed E-state index contributed by atoms with van der Waals surface area (Å²) in [6.45, 7) is 2.31. The summed E-state index contributed by atoms with van der Waals surface area (Å²) >= 11 is 0. The Bertz CT molecular complexity index is 997. The van der Waals surface area contributed by atoms with Gasteiger partial charge in [-0.1, -0.05) is 37.3 Å². The van der Waals surface area contributed by atoms with Crippen LogP contribution in [0.1, 0.15) is 84.5 Å². The third-order valence-corrected chi connectivity index (χ3v) is 8.89. The summed E-state index contributed by atoms with van der Waals surface area (Å²) in [4.78, 5) is 13.1. The van der Waals surface area contributed by atoms with Gasteiger partial charge in [-0.25, -0.2) is 0 Å². The molecular weight excluding hydrogens is 372 g/mol. The van der Waals surface area contributed by atoms with E-state index in [4.69, 9.17) is 4.74 Å². The molecule has 2 fully saturated rings. The van der Waals surface area contributed by atoms with Crippen molar-refractivity contribution in [2.24, 2.45) is 17.3 Å². The lowest BCUT2D eigenvalue weighted by Gasteiger charge is -2.50. The van der Waals surface area contributed by atoms with Gasteiger partial charge in [0.25, 0.3) is 0 Å². The van der Waals surface area contributed by atoms with Crippen LogP contribution in [-0.4, -0.2) is 17.0 Å². The Labute approximate surface area is 178 Å². The molecule has 0 amide bonds. The standard InChI is InChI=1S/C27H30O3/c1-27-12-11-18-19(22(27)9-10-26(27)29)8-7-17-13-25-21(14-20(17)18)23(28)15-24(30-25)16-5-3-2-4-6-16/h2-6,13-14,18-19,22,24,26,29H,7-12,15H2,1H3/t18-,19+,22-,24?,26-,27-/m0/s1. The Morgan fingerprint density at radius 2 is 1.90 bits per heavy atom. The lowest BCUT2D eigenvalue weighted by Crippen LogP contribution is -2.44. The van der Waals surface area contributed by atoms with Gasteiger partial charge < -0.3 is 9.84 Å². The number of carbonyl (C=O) groups excluding carboxylic acids is 1. The number of ketones is 1. The molecule has 3 aliphatic carbocycles. The summed E-state index contributed by atoms with van der Waals surface area (Å²) in [6, 6.07) is 14.4. The topological polar surface area (TPSA) is 46.5 Å². The average molecular weight is 403 g/mol. The molecule has 1 unspecified atom stereocenters. The van der Waals surface area contributed by atoms with E-state index in [0.29, 0.717) is 24.2 Å². The highest BCUT2D eigenvalue weighted by molar-refractivity contribution is 6.00. The molecule has 0 bridgehead atoms. The van der Waals surface area contributed by atoms with Crippen molar-refractivity contribution in [3.63, 3.8) is 0 Å². The minimum Gasteiger partial charge on any atom is -0.484 e. The van der Waals surface area contributed by atoms with E-state index in [1.165, 1.54) is 17.5 Å². The number of aliphatic hydroxyl groups excluding tert-OH is 1. The zero-order valence-electron chi connectivity index (χ0n) is 17.6. The number of aryl methyl sites for hydroxylation is 1. The summed E-state index contributed by atoms with van der Waals surface area (Å²) < 4.78 is 6.34. The molecule has 0 radical (unpaired) electrons. The zero-order chi connectivity index (χ0) is 20.5. The third-order valence-electron chi connectivity index (χ3n) is 8.89. The number of Topliss-reactive ketones (excluding diaryl/α,β-unsaturated/α-hetero) is 1. The Morgan fingerprint density at radius 3 is 2.73 bits per heavy atom. The molecule has 156 valence electrons. The van der Waals surface area contributed by atoms with Gasteiger partial charge in [0.1, 0.15) is 11.9 Å². The normalized spacial score (nSPS) is 36.9. The maximum Gasteiger partial charge on any atom is 0.170 e. The van der Waals surface area contributed by atoms with Crippen LogP contribution in [0.3, 0.4) is 0 Å². The van der Waals surface area contributed by atoms with Crippen LogP contribution < -0.4 is 4.74 Å². The van der Waals surface area contributed by atoms with Crippen LogP contribution in [0.25, 0.3) is 0 Å². The minimum absolute atomic E-state index is 0.0920. The average Bonchev–Trinajstić information content (AvgIpc) is 3.07. The molecule has 3 heteroatoms. The number of ether oxygens (including phenoxy) is 1. The molecule has 6 atom stereocenters. The smallest absolute Gasteiger partial charge is 0.170 e. The van der Waals surface area contributed by atoms with Crippen LogP contribution in [0.2, 0.25) is 0 Å². The molecule has 30 heavy (non-hydrogen) atoms. The molecule has 6 rings (SSSR count). The first-order valence-electron chi connectivity index (χ1n) is 11.6. The number of hydrogen-bond acceptors (Lipinski definition) is 3. The van der Waals surface area contributed by atoms with Gasteiger partial charge in [-0.2, -0.15) is 0 Å². The number of fused-ring (bicyclic) bond motifs is 6. The van der Waals surface area contributed by atoms with Crippen molar-refractivity contribution >= 4 is 5.78 Å². The maximum atomic E-state index is 13.1. The first-order valence-corrected chi connectivity index (χ1v) is 11.6. The van der Waals surface area contributed by atoms with Crippen molar-refractivity contribution in [2.75, 3.05) is 0 Å². The van der Waals surface area contributed by atoms with Gasteiger partial charge in [0.15, 0.2) is 5.78 Å². The van der Waals surface area contributed by atoms with Gasteiger partial charge in [0.2, 0.25) is 0 Å². The van der Waals surface area contributed by atoms with E-state index in [2.05, 4.69) is 19.1 Å². The quantitative estimate of drug-likeness (QED) is 0.674. The van der Waals surface area contributed by atoms with E-state index in [1.807, 2.05) is 30.3 Å². The number of benzene rings is 2. The predicted octanol–water partition coefficient (Wildman–Crippen LogP) is 5.61. The fraction of sp³-hybridized carbons (Fsp3) is 0.519. The van der Waals surface area contributed by atoms with Crippen molar-refractivity contribution in [1.29, 1.82) is 0 Å². The van der Waals surface area contributed by atoms with Crippen LogP contribution in [0.5, 0.6) is 5.75 Å². The monoisotopic (exact) mass is 402 g/mol. The van der Waals surface area contributed by atoms with E-state index in [0.717, 1.165) is 49.0 Å². The van der Waals surface area contributed by atoms with E-state index >= 15 is 0 Å². The second-order valence-corrected chi connectivity index (χ2v) is 10.2. The minimum atomic E-state index is -0.184. The Morgan fingerprint density at radius 1 is 1.07 bits per heavy atom. The molecule has 1 heterocycles. The van der Waals surface area contributed by atoms with E-state index in [1.54, 1.807) is 0 Å². The number of carbonyl (C=O) groups is 1. The molecule has 0 spiro atoms. The predicted molar refractivity (Wildman–Crippen MR) is 116 cm³/mol. The van der Waals surface area contributed by atoms with Crippen molar-refractivity contribution in [3.05, 3.63) is 64.7 Å². The van der Waals surface area contributed by atoms with Crippen molar-refractivity contribution < 1.29 is 14.6 Å². The molecule has 2 aromatic carbocycles. The lowest BCUT2D eigenvalue weighted by atomic mass is 9.55. The lowest BCUT2D eigenvalue weighted by molar-refractivity contribution is -0.0226.